The minimum Gasteiger partial charge on any atom is -0.481 e. The number of amides is 8. The summed E-state index contributed by atoms with van der Waals surface area (Å²) in [5, 5.41) is 26.3. The predicted molar refractivity (Wildman–Crippen MR) is 535 cm³/mol. The van der Waals surface area contributed by atoms with Gasteiger partial charge in [0.2, 0.25) is 59.0 Å². The monoisotopic (exact) mass is 1880 g/mol. The molecule has 0 aliphatic rings. The third-order valence-electron chi connectivity index (χ3n) is 17.4. The zero-order chi connectivity index (χ0) is 102. The largest absolute Gasteiger partial charge is 0.481 e. The van der Waals surface area contributed by atoms with E-state index in [-0.39, 0.29) is 97.2 Å². The molecular formula is C103H186N12O18. The number of aromatic nitrogens is 4. The van der Waals surface area contributed by atoms with Crippen LogP contribution in [0, 0.1) is 57.2 Å². The van der Waals surface area contributed by atoms with Crippen molar-refractivity contribution in [3.8, 4) is 11.8 Å². The second-order valence-electron chi connectivity index (χ2n) is 42.4. The van der Waals surface area contributed by atoms with Gasteiger partial charge in [-0.05, 0) is 129 Å². The Morgan fingerprint density at radius 3 is 1.02 bits per heavy atom. The van der Waals surface area contributed by atoms with Crippen LogP contribution in [0.25, 0.3) is 0 Å². The molecule has 30 heteroatoms. The van der Waals surface area contributed by atoms with Gasteiger partial charge in [-0.1, -0.05) is 191 Å². The number of carbonyl (C=O) groups excluding carboxylic acids is 8. The number of nitrogens with one attached hydrogen (secondary N) is 6. The maximum absolute atomic E-state index is 12.0. The molecule has 4 aromatic heterocycles. The average Bonchev–Trinajstić information content (AvgIpc) is 0.909. The minimum atomic E-state index is -0.0400. The van der Waals surface area contributed by atoms with Crippen molar-refractivity contribution < 1.29 is 86.1 Å². The average molecular weight is 1880 g/mol. The maximum atomic E-state index is 12.0. The second-order valence-corrected chi connectivity index (χ2v) is 42.4. The standard InChI is InChI=1S/2C14H22N2O2.2C14H22N2O.C13H27NO4.C12H25NO3.C11H23NO3.C11H23NO2/c1-14(2,3)10-12(17)15-7-5-11-6-8-16-13(9-11)18-4;1-14(2,3)9-12(17)15-8-7-11-5-6-13(18-4)16-10-11;1-11-7-12(10-15-9-11)5-6-16-13(17)8-14(2,3)4;1-11-5-6-12(10-16-11)7-8-15-13(17)9-14(2,3)4;1-13(2,3)11-12(16)14(5-7-15)6-8-18-10-9-17-4;1-12(2,3)10-11(14)13(4)6-7-16-9-8-15-5;1-11(2,3)9-10(13)12-5-6-15-8-7-14-4;1-5-7-14-8-6-12-10(13)9-11(2,3)4/h6,8-9H,5,7,10H2,1-4H3,(H,15,17);5-6,10H,7-9H2,1-4H3,(H,15,17);7,9-10H,5-6,8H2,1-4H3,(H,16,17);5-6,10H,7-9H2,1-4H3,(H,15,17);15H,5-11H2,1-4H3;6-10H2,1-5H3;5-9H2,1-4H3,(H,12,13);5-9H2,1-4H3,(H,12,13). The van der Waals surface area contributed by atoms with Gasteiger partial charge >= 0.3 is 0 Å². The molecule has 133 heavy (non-hydrogen) atoms. The molecule has 4 rings (SSSR count). The molecule has 766 valence electrons. The van der Waals surface area contributed by atoms with Crippen molar-refractivity contribution in [3.63, 3.8) is 0 Å². The highest BCUT2D eigenvalue weighted by atomic mass is 16.5. The Morgan fingerprint density at radius 2 is 0.684 bits per heavy atom. The van der Waals surface area contributed by atoms with Gasteiger partial charge in [0.15, 0.2) is 0 Å². The summed E-state index contributed by atoms with van der Waals surface area (Å²) in [4.78, 5) is 113. The number of ether oxygens (including phenoxy) is 9. The van der Waals surface area contributed by atoms with Crippen LogP contribution in [0.4, 0.5) is 0 Å². The normalized spacial score (nSPS) is 11.4. The van der Waals surface area contributed by atoms with Crippen molar-refractivity contribution in [2.75, 3.05) is 181 Å². The number of aliphatic hydroxyl groups excluding tert-OH is 1. The molecule has 0 bridgehead atoms. The highest BCUT2D eigenvalue weighted by molar-refractivity contribution is 5.79. The van der Waals surface area contributed by atoms with Crippen LogP contribution < -0.4 is 41.4 Å². The number of likely N-dealkylation sites (N-methyl/N-ethyl adjacent to an activating group) is 1. The lowest BCUT2D eigenvalue weighted by atomic mass is 9.91. The van der Waals surface area contributed by atoms with E-state index in [1.807, 2.05) is 111 Å². The zero-order valence-corrected chi connectivity index (χ0v) is 89.0. The summed E-state index contributed by atoms with van der Waals surface area (Å²) in [6, 6.07) is 13.7. The molecule has 0 fully saturated rings. The first-order chi connectivity index (χ1) is 61.7. The lowest BCUT2D eigenvalue weighted by Crippen LogP contribution is -2.38. The molecule has 4 aromatic rings. The molecule has 0 aliphatic carbocycles. The van der Waals surface area contributed by atoms with Gasteiger partial charge in [0.1, 0.15) is 0 Å². The lowest BCUT2D eigenvalue weighted by molar-refractivity contribution is -0.134. The number of aliphatic hydroxyl groups is 1. The van der Waals surface area contributed by atoms with E-state index in [2.05, 4.69) is 196 Å². The first-order valence-electron chi connectivity index (χ1n) is 47.0. The third kappa shape index (κ3) is 93.8. The number of nitrogens with zero attached hydrogens (tertiary/aromatic N) is 6. The van der Waals surface area contributed by atoms with Crippen LogP contribution in [0.5, 0.6) is 11.8 Å². The van der Waals surface area contributed by atoms with E-state index in [1.54, 1.807) is 57.7 Å². The molecule has 7 N–H and O–H groups in total. The van der Waals surface area contributed by atoms with Crippen LogP contribution in [0.2, 0.25) is 0 Å². The van der Waals surface area contributed by atoms with Gasteiger partial charge < -0.3 is 89.4 Å². The summed E-state index contributed by atoms with van der Waals surface area (Å²) in [6.07, 6.45) is 17.7. The van der Waals surface area contributed by atoms with E-state index >= 15 is 0 Å². The Morgan fingerprint density at radius 1 is 0.338 bits per heavy atom. The number of hydrogen-bond acceptors (Lipinski definition) is 22. The van der Waals surface area contributed by atoms with E-state index in [4.69, 9.17) is 47.7 Å². The van der Waals surface area contributed by atoms with Gasteiger partial charge in [0.05, 0.1) is 86.9 Å². The summed E-state index contributed by atoms with van der Waals surface area (Å²) in [7, 11) is 9.89. The topological polar surface area (TPSA) is 370 Å². The van der Waals surface area contributed by atoms with Gasteiger partial charge in [0, 0.05) is 194 Å². The summed E-state index contributed by atoms with van der Waals surface area (Å²) in [5.74, 6) is 2.08. The molecule has 0 saturated carbocycles. The highest BCUT2D eigenvalue weighted by Crippen LogP contribution is 2.24. The predicted octanol–water partition coefficient (Wildman–Crippen LogP) is 15.0. The SMILES string of the molecule is CCCOCCNC(=O)CC(C)(C)C.COCCOCCN(C)C(=O)CC(C)(C)C.COCCOCCN(CCO)C(=O)CC(C)(C)C.COCCOCCNC(=O)CC(C)(C)C.COc1cc(CCNC(=O)CC(C)(C)C)ccn1.COc1ccc(CCNC(=O)CC(C)(C)C)cn1.Cc1ccc(CCNC(=O)CC(C)(C)C)cn1.Cc1cncc(CCNC(=O)CC(C)(C)C)c1. The Kier molecular flexibility index (Phi) is 72.7. The summed E-state index contributed by atoms with van der Waals surface area (Å²) < 4.78 is 45.7. The number of pyridine rings is 4. The maximum Gasteiger partial charge on any atom is 0.223 e. The molecule has 4 heterocycles. The first-order valence-corrected chi connectivity index (χ1v) is 47.0. The first kappa shape index (κ1) is 131. The summed E-state index contributed by atoms with van der Waals surface area (Å²) >= 11 is 0. The Bertz CT molecular complexity index is 3680. The van der Waals surface area contributed by atoms with E-state index in [0.29, 0.717) is 188 Å². The Hall–Kier alpha value is -8.36. The van der Waals surface area contributed by atoms with Crippen molar-refractivity contribution in [2.45, 2.75) is 270 Å². The van der Waals surface area contributed by atoms with Crippen LogP contribution in [0.15, 0.2) is 73.4 Å². The highest BCUT2D eigenvalue weighted by Gasteiger charge is 2.24. The van der Waals surface area contributed by atoms with E-state index in [1.165, 1.54) is 5.56 Å². The van der Waals surface area contributed by atoms with Gasteiger partial charge in [0.25, 0.3) is 0 Å². The molecule has 0 aliphatic heterocycles. The zero-order valence-electron chi connectivity index (χ0n) is 89.0. The second kappa shape index (κ2) is 73.9. The number of hydrogen-bond donors (Lipinski definition) is 7. The van der Waals surface area contributed by atoms with Crippen LogP contribution >= 0.6 is 0 Å². The third-order valence-corrected chi connectivity index (χ3v) is 17.4. The van der Waals surface area contributed by atoms with Gasteiger partial charge in [-0.25, -0.2) is 9.97 Å². The van der Waals surface area contributed by atoms with Crippen molar-refractivity contribution in [1.82, 2.24) is 61.6 Å². The molecule has 0 saturated heterocycles. The molecular weight excluding hydrogens is 1690 g/mol. The van der Waals surface area contributed by atoms with Gasteiger partial charge in [-0.2, -0.15) is 0 Å². The Balaban J connectivity index is -0.000000716. The summed E-state index contributed by atoms with van der Waals surface area (Å²) in [6.45, 7) is 67.1. The Labute approximate surface area is 804 Å². The smallest absolute Gasteiger partial charge is 0.223 e. The number of methoxy groups -OCH3 is 5. The van der Waals surface area contributed by atoms with Crippen molar-refractivity contribution in [2.24, 2.45) is 43.3 Å². The van der Waals surface area contributed by atoms with Gasteiger partial charge in [-0.3, -0.25) is 48.3 Å². The van der Waals surface area contributed by atoms with E-state index in [9.17, 15) is 38.4 Å². The number of carbonyl (C=O) groups is 8. The van der Waals surface area contributed by atoms with Crippen LogP contribution in [0.1, 0.15) is 264 Å². The fraction of sp³-hybridized carbons (Fsp3) is 0.728. The van der Waals surface area contributed by atoms with Gasteiger partial charge in [-0.15, -0.1) is 0 Å². The summed E-state index contributed by atoms with van der Waals surface area (Å²) in [5.41, 5.74) is 6.98. The number of rotatable bonds is 47. The molecule has 8 amide bonds. The van der Waals surface area contributed by atoms with E-state index in [0.717, 1.165) is 66.7 Å². The molecule has 30 nitrogen and oxygen atoms in total. The molecule has 0 unspecified atom stereocenters. The quantitative estimate of drug-likeness (QED) is 0.0202. The molecule has 0 atom stereocenters. The van der Waals surface area contributed by atoms with Crippen molar-refractivity contribution in [3.05, 3.63) is 107 Å². The fourth-order valence-electron chi connectivity index (χ4n) is 11.1. The molecule has 0 radical (unpaired) electrons. The van der Waals surface area contributed by atoms with Crippen LogP contribution in [0.3, 0.4) is 0 Å². The van der Waals surface area contributed by atoms with Crippen LogP contribution in [-0.4, -0.2) is 263 Å². The van der Waals surface area contributed by atoms with Crippen molar-refractivity contribution in [1.29, 1.82) is 0 Å². The van der Waals surface area contributed by atoms with E-state index < -0.39 is 0 Å². The molecule has 0 aromatic carbocycles. The fourth-order valence-corrected chi connectivity index (χ4v) is 11.1. The molecule has 0 spiro atoms. The number of aryl methyl sites for hydroxylation is 2. The van der Waals surface area contributed by atoms with Crippen molar-refractivity contribution >= 4 is 47.3 Å². The van der Waals surface area contributed by atoms with Crippen LogP contribution in [-0.2, 0) is 97.2 Å². The lowest BCUT2D eigenvalue weighted by Gasteiger charge is -2.26. The minimum absolute atomic E-state index is 0.0199.